The summed E-state index contributed by atoms with van der Waals surface area (Å²) in [5.41, 5.74) is 0.916. The Kier molecular flexibility index (Phi) is 5.10. The van der Waals surface area contributed by atoms with Gasteiger partial charge in [0.15, 0.2) is 23.0 Å². The van der Waals surface area contributed by atoms with Crippen molar-refractivity contribution in [2.75, 3.05) is 19.8 Å². The number of hydrogen-bond acceptors (Lipinski definition) is 7. The van der Waals surface area contributed by atoms with Gasteiger partial charge in [-0.1, -0.05) is 23.7 Å². The molecule has 2 aliphatic rings. The second-order valence-corrected chi connectivity index (χ2v) is 8.35. The highest BCUT2D eigenvalue weighted by molar-refractivity contribution is 6.33. The summed E-state index contributed by atoms with van der Waals surface area (Å²) in [6.45, 7) is 2.80. The Hall–Kier alpha value is -3.04. The van der Waals surface area contributed by atoms with E-state index in [9.17, 15) is 14.0 Å². The molecule has 2 aromatic heterocycles. The SMILES string of the molecule is CCOC(=O)c1cnn2c(Cl)c(C(=O)C3CC4(CCN3)COc3c(F)cccc34)cnc12. The number of halogens is 2. The van der Waals surface area contributed by atoms with Crippen molar-refractivity contribution in [1.29, 1.82) is 0 Å². The fourth-order valence-electron chi connectivity index (χ4n) is 4.58. The topological polar surface area (TPSA) is 94.8 Å². The first kappa shape index (κ1) is 20.8. The fourth-order valence-corrected chi connectivity index (χ4v) is 4.85. The van der Waals surface area contributed by atoms with Gasteiger partial charge in [0, 0.05) is 17.2 Å². The van der Waals surface area contributed by atoms with Crippen LogP contribution >= 0.6 is 11.6 Å². The second kappa shape index (κ2) is 7.83. The van der Waals surface area contributed by atoms with E-state index in [1.54, 1.807) is 13.0 Å². The summed E-state index contributed by atoms with van der Waals surface area (Å²) >= 11 is 6.49. The van der Waals surface area contributed by atoms with E-state index in [2.05, 4.69) is 15.4 Å². The van der Waals surface area contributed by atoms with Gasteiger partial charge >= 0.3 is 5.97 Å². The normalized spacial score (nSPS) is 22.0. The van der Waals surface area contributed by atoms with E-state index in [0.29, 0.717) is 19.6 Å². The monoisotopic (exact) mass is 458 g/mol. The van der Waals surface area contributed by atoms with E-state index in [1.165, 1.54) is 23.0 Å². The molecule has 3 aromatic rings. The zero-order valence-electron chi connectivity index (χ0n) is 17.2. The summed E-state index contributed by atoms with van der Waals surface area (Å²) in [4.78, 5) is 29.7. The van der Waals surface area contributed by atoms with Crippen molar-refractivity contribution in [2.24, 2.45) is 0 Å². The molecule has 1 saturated heterocycles. The predicted octanol–water partition coefficient (Wildman–Crippen LogP) is 2.96. The average Bonchev–Trinajstić information content (AvgIpc) is 3.38. The number of esters is 1. The van der Waals surface area contributed by atoms with Crippen LogP contribution in [0.2, 0.25) is 5.15 Å². The average molecular weight is 459 g/mol. The zero-order valence-corrected chi connectivity index (χ0v) is 18.0. The highest BCUT2D eigenvalue weighted by atomic mass is 35.5. The number of Topliss-reactive ketones (excluding diaryl/α,β-unsaturated/α-hetero) is 1. The first-order valence-corrected chi connectivity index (χ1v) is 10.7. The molecule has 1 fully saturated rings. The van der Waals surface area contributed by atoms with Crippen LogP contribution in [0.3, 0.4) is 0 Å². The number of ether oxygens (including phenoxy) is 2. The van der Waals surface area contributed by atoms with Crippen molar-refractivity contribution >= 4 is 29.0 Å². The number of carbonyl (C=O) groups is 2. The van der Waals surface area contributed by atoms with Crippen LogP contribution in [-0.2, 0) is 10.2 Å². The third kappa shape index (κ3) is 3.15. The van der Waals surface area contributed by atoms with Crippen LogP contribution in [-0.4, -0.2) is 52.2 Å². The summed E-state index contributed by atoms with van der Waals surface area (Å²) in [6, 6.07) is 4.34. The smallest absolute Gasteiger partial charge is 0.343 e. The highest BCUT2D eigenvalue weighted by Crippen LogP contribution is 2.46. The van der Waals surface area contributed by atoms with Crippen molar-refractivity contribution in [3.63, 3.8) is 0 Å². The summed E-state index contributed by atoms with van der Waals surface area (Å²) in [5.74, 6) is -0.936. The van der Waals surface area contributed by atoms with E-state index in [1.807, 2.05) is 6.07 Å². The molecular weight excluding hydrogens is 439 g/mol. The lowest BCUT2D eigenvalue weighted by molar-refractivity contribution is 0.0528. The molecule has 2 aliphatic heterocycles. The number of para-hydroxylation sites is 1. The van der Waals surface area contributed by atoms with E-state index < -0.39 is 23.2 Å². The molecule has 0 radical (unpaired) electrons. The maximum atomic E-state index is 14.2. The Morgan fingerprint density at radius 2 is 2.22 bits per heavy atom. The van der Waals surface area contributed by atoms with Gasteiger partial charge in [0.25, 0.3) is 0 Å². The molecule has 1 spiro atoms. The molecule has 0 saturated carbocycles. The van der Waals surface area contributed by atoms with Gasteiger partial charge in [0.1, 0.15) is 10.7 Å². The third-order valence-electron chi connectivity index (χ3n) is 6.17. The van der Waals surface area contributed by atoms with Crippen LogP contribution in [0.15, 0.2) is 30.6 Å². The number of ketones is 1. The molecular formula is C22H20ClFN4O4. The summed E-state index contributed by atoms with van der Waals surface area (Å²) < 4.78 is 26.1. The molecule has 2 unspecified atom stereocenters. The molecule has 0 bridgehead atoms. The van der Waals surface area contributed by atoms with Crippen LogP contribution in [0.4, 0.5) is 4.39 Å². The number of piperidine rings is 1. The molecule has 0 aliphatic carbocycles. The number of benzene rings is 1. The van der Waals surface area contributed by atoms with Gasteiger partial charge in [-0.15, -0.1) is 0 Å². The van der Waals surface area contributed by atoms with Crippen molar-refractivity contribution in [2.45, 2.75) is 31.2 Å². The largest absolute Gasteiger partial charge is 0.489 e. The molecule has 4 heterocycles. The first-order valence-electron chi connectivity index (χ1n) is 10.3. The number of rotatable bonds is 4. The second-order valence-electron chi connectivity index (χ2n) is 7.99. The van der Waals surface area contributed by atoms with Crippen molar-refractivity contribution in [3.8, 4) is 5.75 Å². The standard InChI is InChI=1S/C22H20ClFN4O4/c1-2-31-21(30)13-10-27-28-19(23)12(9-26-20(13)28)17(29)16-8-22(6-7-25-16)11-32-18-14(22)4-3-5-15(18)24/h3-5,9-10,16,25H,2,6-8,11H2,1H3. The fraction of sp³-hybridized carbons (Fsp3) is 0.364. The Bertz CT molecular complexity index is 1250. The zero-order chi connectivity index (χ0) is 22.5. The lowest BCUT2D eigenvalue weighted by Crippen LogP contribution is -2.50. The molecule has 0 amide bonds. The Morgan fingerprint density at radius 3 is 3.03 bits per heavy atom. The van der Waals surface area contributed by atoms with Gasteiger partial charge in [-0.25, -0.2) is 18.7 Å². The van der Waals surface area contributed by atoms with Gasteiger partial charge < -0.3 is 14.8 Å². The Labute approximate surface area is 187 Å². The van der Waals surface area contributed by atoms with Gasteiger partial charge in [-0.3, -0.25) is 4.79 Å². The minimum atomic E-state index is -0.562. The number of fused-ring (bicyclic) bond motifs is 3. The molecule has 1 N–H and O–H groups in total. The van der Waals surface area contributed by atoms with Crippen molar-refractivity contribution in [3.05, 3.63) is 58.3 Å². The van der Waals surface area contributed by atoms with Crippen LogP contribution in [0.25, 0.3) is 5.65 Å². The molecule has 10 heteroatoms. The van der Waals surface area contributed by atoms with Crippen LogP contribution in [0.5, 0.6) is 5.75 Å². The lowest BCUT2D eigenvalue weighted by Gasteiger charge is -2.37. The summed E-state index contributed by atoms with van der Waals surface area (Å²) in [7, 11) is 0. The van der Waals surface area contributed by atoms with Crippen LogP contribution in [0.1, 0.15) is 46.0 Å². The van der Waals surface area contributed by atoms with E-state index in [-0.39, 0.29) is 40.1 Å². The molecule has 2 atom stereocenters. The van der Waals surface area contributed by atoms with Gasteiger partial charge in [0.05, 0.1) is 31.0 Å². The minimum absolute atomic E-state index is 0.0612. The molecule has 8 nitrogen and oxygen atoms in total. The lowest BCUT2D eigenvalue weighted by atomic mass is 9.71. The molecule has 166 valence electrons. The summed E-state index contributed by atoms with van der Waals surface area (Å²) in [6.07, 6.45) is 3.83. The first-order chi connectivity index (χ1) is 15.4. The molecule has 5 rings (SSSR count). The number of nitrogens with one attached hydrogen (secondary N) is 1. The van der Waals surface area contributed by atoms with Crippen molar-refractivity contribution < 1.29 is 23.5 Å². The number of nitrogens with zero attached hydrogens (tertiary/aromatic N) is 3. The maximum absolute atomic E-state index is 14.2. The third-order valence-corrected chi connectivity index (χ3v) is 6.53. The van der Waals surface area contributed by atoms with E-state index in [4.69, 9.17) is 21.1 Å². The maximum Gasteiger partial charge on any atom is 0.343 e. The predicted molar refractivity (Wildman–Crippen MR) is 113 cm³/mol. The summed E-state index contributed by atoms with van der Waals surface area (Å²) in [5, 5.41) is 7.41. The van der Waals surface area contributed by atoms with Crippen LogP contribution in [0, 0.1) is 5.82 Å². The molecule has 1 aromatic carbocycles. The number of carbonyl (C=O) groups excluding carboxylic acids is 2. The Balaban J connectivity index is 1.46. The van der Waals surface area contributed by atoms with E-state index >= 15 is 0 Å². The van der Waals surface area contributed by atoms with Gasteiger partial charge in [0.2, 0.25) is 0 Å². The van der Waals surface area contributed by atoms with E-state index in [0.717, 1.165) is 12.0 Å². The minimum Gasteiger partial charge on any atom is -0.489 e. The number of hydrogen-bond donors (Lipinski definition) is 1. The van der Waals surface area contributed by atoms with Gasteiger partial charge in [-0.05, 0) is 32.4 Å². The van der Waals surface area contributed by atoms with Gasteiger partial charge in [-0.2, -0.15) is 5.10 Å². The van der Waals surface area contributed by atoms with Crippen molar-refractivity contribution in [1.82, 2.24) is 19.9 Å². The van der Waals surface area contributed by atoms with Crippen LogP contribution < -0.4 is 10.1 Å². The molecule has 32 heavy (non-hydrogen) atoms. The quantitative estimate of drug-likeness (QED) is 0.365. The Morgan fingerprint density at radius 1 is 1.38 bits per heavy atom. The highest BCUT2D eigenvalue weighted by Gasteiger charge is 2.47. The number of aromatic nitrogens is 3.